The van der Waals surface area contributed by atoms with Crippen LogP contribution in [0, 0.1) is 0 Å². The van der Waals surface area contributed by atoms with Crippen molar-refractivity contribution in [1.82, 2.24) is 14.7 Å². The number of benzene rings is 1. The van der Waals surface area contributed by atoms with E-state index in [-0.39, 0.29) is 0 Å². The van der Waals surface area contributed by atoms with Crippen LogP contribution in [-0.2, 0) is 4.74 Å². The van der Waals surface area contributed by atoms with Crippen LogP contribution >= 0.6 is 0 Å². The minimum absolute atomic E-state index is 0.681. The summed E-state index contributed by atoms with van der Waals surface area (Å²) >= 11 is 0. The van der Waals surface area contributed by atoms with Crippen LogP contribution < -0.4 is 4.74 Å². The van der Waals surface area contributed by atoms with Gasteiger partial charge in [0.2, 0.25) is 0 Å². The molecule has 1 fully saturated rings. The molecule has 5 heteroatoms. The van der Waals surface area contributed by atoms with E-state index in [2.05, 4.69) is 10.00 Å². The highest BCUT2D eigenvalue weighted by molar-refractivity contribution is 5.32. The first-order valence-electron chi connectivity index (χ1n) is 6.95. The molecule has 0 aliphatic carbocycles. The Hall–Kier alpha value is -1.85. The molecule has 0 N–H and O–H groups in total. The molecule has 0 saturated carbocycles. The van der Waals surface area contributed by atoms with Crippen molar-refractivity contribution in [2.45, 2.75) is 0 Å². The summed E-state index contributed by atoms with van der Waals surface area (Å²) in [6.45, 7) is 5.25. The van der Waals surface area contributed by atoms with Crippen molar-refractivity contribution in [3.8, 4) is 11.4 Å². The molecule has 1 aromatic heterocycles. The molecule has 0 atom stereocenters. The fourth-order valence-corrected chi connectivity index (χ4v) is 2.22. The Balaban J connectivity index is 1.50. The van der Waals surface area contributed by atoms with E-state index in [0.29, 0.717) is 6.61 Å². The van der Waals surface area contributed by atoms with Crippen LogP contribution in [0.5, 0.6) is 5.75 Å². The maximum Gasteiger partial charge on any atom is 0.157 e. The van der Waals surface area contributed by atoms with E-state index >= 15 is 0 Å². The van der Waals surface area contributed by atoms with Gasteiger partial charge in [-0.2, -0.15) is 5.10 Å². The van der Waals surface area contributed by atoms with Gasteiger partial charge < -0.3 is 9.47 Å². The smallest absolute Gasteiger partial charge is 0.157 e. The van der Waals surface area contributed by atoms with E-state index < -0.39 is 0 Å². The fraction of sp³-hybridized carbons (Fsp3) is 0.400. The van der Waals surface area contributed by atoms with Gasteiger partial charge in [0.15, 0.2) is 5.75 Å². The van der Waals surface area contributed by atoms with Crippen LogP contribution in [-0.4, -0.2) is 54.1 Å². The second kappa shape index (κ2) is 6.54. The van der Waals surface area contributed by atoms with E-state index in [4.69, 9.17) is 9.47 Å². The van der Waals surface area contributed by atoms with Crippen LogP contribution in [0.1, 0.15) is 0 Å². The van der Waals surface area contributed by atoms with E-state index in [1.165, 1.54) is 0 Å². The first kappa shape index (κ1) is 13.1. The molecular weight excluding hydrogens is 254 g/mol. The zero-order valence-electron chi connectivity index (χ0n) is 11.4. The van der Waals surface area contributed by atoms with Crippen LogP contribution in [0.3, 0.4) is 0 Å². The molecule has 5 nitrogen and oxygen atoms in total. The highest BCUT2D eigenvalue weighted by atomic mass is 16.5. The normalized spacial score (nSPS) is 16.2. The Morgan fingerprint density at radius 3 is 2.75 bits per heavy atom. The number of hydrogen-bond acceptors (Lipinski definition) is 4. The van der Waals surface area contributed by atoms with Gasteiger partial charge in [-0.15, -0.1) is 0 Å². The van der Waals surface area contributed by atoms with Crippen molar-refractivity contribution in [3.63, 3.8) is 0 Å². The van der Waals surface area contributed by atoms with Crippen molar-refractivity contribution in [1.29, 1.82) is 0 Å². The maximum absolute atomic E-state index is 5.75. The van der Waals surface area contributed by atoms with Gasteiger partial charge in [0, 0.05) is 19.6 Å². The van der Waals surface area contributed by atoms with Crippen LogP contribution in [0.4, 0.5) is 0 Å². The third-order valence-corrected chi connectivity index (χ3v) is 3.36. The number of aromatic nitrogens is 2. The largest absolute Gasteiger partial charge is 0.489 e. The predicted octanol–water partition coefficient (Wildman–Crippen LogP) is 1.58. The van der Waals surface area contributed by atoms with Gasteiger partial charge >= 0.3 is 0 Å². The number of morpholine rings is 1. The van der Waals surface area contributed by atoms with Gasteiger partial charge in [0.25, 0.3) is 0 Å². The lowest BCUT2D eigenvalue weighted by Crippen LogP contribution is -2.38. The lowest BCUT2D eigenvalue weighted by Gasteiger charge is -2.26. The van der Waals surface area contributed by atoms with Gasteiger partial charge in [-0.3, -0.25) is 4.90 Å². The van der Waals surface area contributed by atoms with Gasteiger partial charge in [-0.1, -0.05) is 18.2 Å². The average Bonchev–Trinajstić information content (AvgIpc) is 2.98. The van der Waals surface area contributed by atoms with Gasteiger partial charge in [-0.05, 0) is 12.1 Å². The van der Waals surface area contributed by atoms with Crippen LogP contribution in [0.25, 0.3) is 5.69 Å². The number of nitrogens with zero attached hydrogens (tertiary/aromatic N) is 3. The van der Waals surface area contributed by atoms with Gasteiger partial charge in [0.05, 0.1) is 31.3 Å². The molecule has 0 amide bonds. The number of para-hydroxylation sites is 1. The Morgan fingerprint density at radius 1 is 1.15 bits per heavy atom. The lowest BCUT2D eigenvalue weighted by atomic mass is 10.3. The second-order valence-electron chi connectivity index (χ2n) is 4.76. The van der Waals surface area contributed by atoms with Crippen molar-refractivity contribution in [3.05, 3.63) is 42.7 Å². The van der Waals surface area contributed by atoms with Gasteiger partial charge in [0.1, 0.15) is 6.61 Å². The van der Waals surface area contributed by atoms with Crippen molar-refractivity contribution in [2.24, 2.45) is 0 Å². The van der Waals surface area contributed by atoms with Crippen LogP contribution in [0.15, 0.2) is 42.7 Å². The maximum atomic E-state index is 5.75. The molecule has 20 heavy (non-hydrogen) atoms. The van der Waals surface area contributed by atoms with Crippen molar-refractivity contribution < 1.29 is 9.47 Å². The third-order valence-electron chi connectivity index (χ3n) is 3.36. The molecule has 1 aliphatic rings. The fourth-order valence-electron chi connectivity index (χ4n) is 2.22. The van der Waals surface area contributed by atoms with E-state index in [0.717, 1.165) is 44.3 Å². The summed E-state index contributed by atoms with van der Waals surface area (Å²) in [7, 11) is 0. The first-order valence-corrected chi connectivity index (χ1v) is 6.95. The highest BCUT2D eigenvalue weighted by Gasteiger charge is 2.10. The van der Waals surface area contributed by atoms with Crippen molar-refractivity contribution >= 4 is 0 Å². The zero-order valence-corrected chi connectivity index (χ0v) is 11.4. The van der Waals surface area contributed by atoms with Crippen molar-refractivity contribution in [2.75, 3.05) is 39.5 Å². The molecule has 0 unspecified atom stereocenters. The minimum atomic E-state index is 0.681. The Morgan fingerprint density at radius 2 is 1.95 bits per heavy atom. The number of hydrogen-bond donors (Lipinski definition) is 0. The molecular formula is C15H19N3O2. The van der Waals surface area contributed by atoms with Gasteiger partial charge in [-0.25, -0.2) is 4.68 Å². The Kier molecular flexibility index (Phi) is 4.30. The molecule has 0 bridgehead atoms. The monoisotopic (exact) mass is 273 g/mol. The minimum Gasteiger partial charge on any atom is -0.489 e. The summed E-state index contributed by atoms with van der Waals surface area (Å²) in [5, 5.41) is 4.31. The summed E-state index contributed by atoms with van der Waals surface area (Å²) in [5.74, 6) is 0.808. The first-order chi connectivity index (χ1) is 9.92. The second-order valence-corrected chi connectivity index (χ2v) is 4.76. The van der Waals surface area contributed by atoms with E-state index in [1.54, 1.807) is 6.20 Å². The molecule has 1 aliphatic heterocycles. The molecule has 106 valence electrons. The van der Waals surface area contributed by atoms with E-state index in [1.807, 2.05) is 41.2 Å². The number of ether oxygens (including phenoxy) is 2. The molecule has 2 heterocycles. The number of rotatable bonds is 5. The highest BCUT2D eigenvalue weighted by Crippen LogP contribution is 2.13. The predicted molar refractivity (Wildman–Crippen MR) is 76.3 cm³/mol. The SMILES string of the molecule is c1ccc(-n2cc(OCCN3CCOCC3)cn2)cc1. The van der Waals surface area contributed by atoms with Crippen LogP contribution in [0.2, 0.25) is 0 Å². The zero-order chi connectivity index (χ0) is 13.6. The third kappa shape index (κ3) is 3.37. The Bertz CT molecular complexity index is 521. The summed E-state index contributed by atoms with van der Waals surface area (Å²) in [6, 6.07) is 10.0. The summed E-state index contributed by atoms with van der Waals surface area (Å²) in [4.78, 5) is 2.35. The quantitative estimate of drug-likeness (QED) is 0.829. The van der Waals surface area contributed by atoms with E-state index in [9.17, 15) is 0 Å². The average molecular weight is 273 g/mol. The molecule has 0 radical (unpaired) electrons. The molecule has 3 rings (SSSR count). The molecule has 2 aromatic rings. The summed E-state index contributed by atoms with van der Waals surface area (Å²) in [5.41, 5.74) is 1.04. The molecule has 0 spiro atoms. The summed E-state index contributed by atoms with van der Waals surface area (Å²) in [6.07, 6.45) is 3.67. The standard InChI is InChI=1S/C15H19N3O2/c1-2-4-14(5-3-1)18-13-15(12-16-18)20-11-8-17-6-9-19-10-7-17/h1-5,12-13H,6-11H2. The Labute approximate surface area is 118 Å². The summed E-state index contributed by atoms with van der Waals surface area (Å²) < 4.78 is 12.9. The topological polar surface area (TPSA) is 39.5 Å². The lowest BCUT2D eigenvalue weighted by molar-refractivity contribution is 0.0322. The molecule has 1 saturated heterocycles. The molecule has 1 aromatic carbocycles.